The van der Waals surface area contributed by atoms with Crippen LogP contribution in [0.2, 0.25) is 0 Å². The Balaban J connectivity index is 1.29. The molecule has 2 aliphatic heterocycles. The normalized spacial score (nSPS) is 20.8. The van der Waals surface area contributed by atoms with Crippen LogP contribution in [0.15, 0.2) is 54.9 Å². The molecule has 1 N–H and O–H groups in total. The molecule has 2 aromatic carbocycles. The van der Waals surface area contributed by atoms with E-state index in [0.29, 0.717) is 13.1 Å². The molecule has 8 nitrogen and oxygen atoms in total. The molecule has 1 aromatic heterocycles. The highest BCUT2D eigenvalue weighted by atomic mass is 16.2. The second kappa shape index (κ2) is 8.33. The minimum Gasteiger partial charge on any atom is -0.350 e. The predicted molar refractivity (Wildman–Crippen MR) is 135 cm³/mol. The molecule has 0 saturated heterocycles. The molecule has 1 atom stereocenters. The van der Waals surface area contributed by atoms with Crippen LogP contribution in [0.1, 0.15) is 57.4 Å². The van der Waals surface area contributed by atoms with Crippen LogP contribution in [0.4, 0.5) is 5.69 Å². The molecule has 184 valence electrons. The number of imidazole rings is 1. The quantitative estimate of drug-likeness (QED) is 0.604. The molecule has 8 heteroatoms. The zero-order valence-electron chi connectivity index (χ0n) is 20.5. The molecule has 3 heterocycles. The van der Waals surface area contributed by atoms with Crippen molar-refractivity contribution in [3.05, 3.63) is 82.9 Å². The Morgan fingerprint density at radius 1 is 1.11 bits per heavy atom. The van der Waals surface area contributed by atoms with Crippen LogP contribution in [0.3, 0.4) is 0 Å². The molecule has 3 aromatic rings. The maximum absolute atomic E-state index is 13.9. The number of para-hydroxylation sites is 1. The average Bonchev–Trinajstić information content (AvgIpc) is 3.45. The molecular formula is C28H29N5O3. The highest BCUT2D eigenvalue weighted by molar-refractivity contribution is 6.13. The second-order valence-electron chi connectivity index (χ2n) is 10.3. The standard InChI is InChI=1S/C28H29N5O3/c1-18-7-9-19(10-8-18)15-29-27(36)28(2)16-31-17-30-23(24(31)26(35)33(28)21-11-12-21)25(34)32-14-13-20-5-3-4-6-22(20)32/h3-10,17,21H,11-16H2,1-2H3,(H,29,36)/t28-/m0/s1. The Labute approximate surface area is 209 Å². The van der Waals surface area contributed by atoms with Crippen LogP contribution in [0, 0.1) is 6.92 Å². The summed E-state index contributed by atoms with van der Waals surface area (Å²) in [5.74, 6) is -0.778. The number of carbonyl (C=O) groups excluding carboxylic acids is 3. The van der Waals surface area contributed by atoms with E-state index >= 15 is 0 Å². The van der Waals surface area contributed by atoms with Crippen LogP contribution in [0.25, 0.3) is 0 Å². The molecule has 3 aliphatic rings. The van der Waals surface area contributed by atoms with Crippen molar-refractivity contribution in [2.24, 2.45) is 0 Å². The van der Waals surface area contributed by atoms with Crippen LogP contribution in [0.5, 0.6) is 0 Å². The van der Waals surface area contributed by atoms with Gasteiger partial charge >= 0.3 is 0 Å². The number of aryl methyl sites for hydroxylation is 1. The molecule has 36 heavy (non-hydrogen) atoms. The first-order valence-electron chi connectivity index (χ1n) is 12.5. The molecule has 0 bridgehead atoms. The summed E-state index contributed by atoms with van der Waals surface area (Å²) in [4.78, 5) is 48.8. The Morgan fingerprint density at radius 2 is 1.86 bits per heavy atom. The topological polar surface area (TPSA) is 87.5 Å². The molecule has 0 spiro atoms. The van der Waals surface area contributed by atoms with Gasteiger partial charge in [-0.25, -0.2) is 4.98 Å². The fraction of sp³-hybridized carbons (Fsp3) is 0.357. The smallest absolute Gasteiger partial charge is 0.279 e. The monoisotopic (exact) mass is 483 g/mol. The third-order valence-electron chi connectivity index (χ3n) is 7.58. The molecule has 0 radical (unpaired) electrons. The molecule has 0 unspecified atom stereocenters. The third kappa shape index (κ3) is 3.59. The van der Waals surface area contributed by atoms with Crippen LogP contribution >= 0.6 is 0 Å². The van der Waals surface area contributed by atoms with E-state index in [4.69, 9.17) is 0 Å². The first-order chi connectivity index (χ1) is 17.4. The number of hydrogen-bond donors (Lipinski definition) is 1. The average molecular weight is 484 g/mol. The lowest BCUT2D eigenvalue weighted by Gasteiger charge is -2.44. The van der Waals surface area contributed by atoms with Crippen molar-refractivity contribution in [2.45, 2.75) is 57.8 Å². The molecule has 1 fully saturated rings. The van der Waals surface area contributed by atoms with Gasteiger partial charge in [-0.2, -0.15) is 0 Å². The maximum atomic E-state index is 13.9. The number of aromatic nitrogens is 2. The third-order valence-corrected chi connectivity index (χ3v) is 7.58. The Hall–Kier alpha value is -3.94. The van der Waals surface area contributed by atoms with E-state index in [-0.39, 0.29) is 41.7 Å². The van der Waals surface area contributed by atoms with Gasteiger partial charge in [0.2, 0.25) is 5.91 Å². The summed E-state index contributed by atoms with van der Waals surface area (Å²) in [7, 11) is 0. The fourth-order valence-corrected chi connectivity index (χ4v) is 5.47. The van der Waals surface area contributed by atoms with Crippen molar-refractivity contribution in [1.29, 1.82) is 0 Å². The Kier molecular flexibility index (Phi) is 5.21. The van der Waals surface area contributed by atoms with E-state index in [2.05, 4.69) is 10.3 Å². The lowest BCUT2D eigenvalue weighted by molar-refractivity contribution is -0.133. The van der Waals surface area contributed by atoms with Crippen LogP contribution in [-0.4, -0.2) is 50.3 Å². The number of fused-ring (bicyclic) bond motifs is 2. The summed E-state index contributed by atoms with van der Waals surface area (Å²) in [6, 6.07) is 15.8. The van der Waals surface area contributed by atoms with Gasteiger partial charge in [0.05, 0.1) is 12.9 Å². The lowest BCUT2D eigenvalue weighted by atomic mass is 9.93. The lowest BCUT2D eigenvalue weighted by Crippen LogP contribution is -2.64. The molecule has 1 aliphatic carbocycles. The van der Waals surface area contributed by atoms with Crippen molar-refractivity contribution >= 4 is 23.4 Å². The second-order valence-corrected chi connectivity index (χ2v) is 10.3. The van der Waals surface area contributed by atoms with Gasteiger partial charge in [-0.15, -0.1) is 0 Å². The predicted octanol–water partition coefficient (Wildman–Crippen LogP) is 3.09. The van der Waals surface area contributed by atoms with E-state index in [0.717, 1.165) is 41.6 Å². The van der Waals surface area contributed by atoms with Crippen molar-refractivity contribution < 1.29 is 14.4 Å². The summed E-state index contributed by atoms with van der Waals surface area (Å²) in [6.07, 6.45) is 4.00. The first-order valence-corrected chi connectivity index (χ1v) is 12.5. The number of rotatable bonds is 5. The highest BCUT2D eigenvalue weighted by Gasteiger charge is 2.54. The van der Waals surface area contributed by atoms with E-state index in [1.807, 2.05) is 62.4 Å². The largest absolute Gasteiger partial charge is 0.350 e. The van der Waals surface area contributed by atoms with Crippen molar-refractivity contribution in [2.75, 3.05) is 11.4 Å². The zero-order valence-corrected chi connectivity index (χ0v) is 20.5. The molecule has 6 rings (SSSR count). The number of hydrogen-bond acceptors (Lipinski definition) is 4. The van der Waals surface area contributed by atoms with Gasteiger partial charge in [0.15, 0.2) is 5.69 Å². The number of anilines is 1. The summed E-state index contributed by atoms with van der Waals surface area (Å²) in [5.41, 5.74) is 3.50. The van der Waals surface area contributed by atoms with Gasteiger partial charge in [0.25, 0.3) is 11.8 Å². The number of amides is 3. The van der Waals surface area contributed by atoms with Gasteiger partial charge in [-0.1, -0.05) is 48.0 Å². The minimum absolute atomic E-state index is 0.00765. The molecular weight excluding hydrogens is 454 g/mol. The SMILES string of the molecule is Cc1ccc(CNC(=O)[C@]2(C)Cn3cnc(C(=O)N4CCc5ccccc54)c3C(=O)N2C2CC2)cc1. The van der Waals surface area contributed by atoms with E-state index in [1.54, 1.807) is 14.4 Å². The number of nitrogens with one attached hydrogen (secondary N) is 1. The van der Waals surface area contributed by atoms with Gasteiger partial charge < -0.3 is 19.7 Å². The highest BCUT2D eigenvalue weighted by Crippen LogP contribution is 2.39. The van der Waals surface area contributed by atoms with E-state index < -0.39 is 5.54 Å². The molecule has 3 amide bonds. The van der Waals surface area contributed by atoms with Crippen molar-refractivity contribution in [1.82, 2.24) is 19.8 Å². The van der Waals surface area contributed by atoms with Crippen LogP contribution in [-0.2, 0) is 24.3 Å². The first kappa shape index (κ1) is 22.5. The number of carbonyl (C=O) groups is 3. The van der Waals surface area contributed by atoms with Crippen LogP contribution < -0.4 is 10.2 Å². The zero-order chi connectivity index (χ0) is 25.0. The summed E-state index contributed by atoms with van der Waals surface area (Å²) in [6.45, 7) is 5.03. The Bertz CT molecular complexity index is 1370. The van der Waals surface area contributed by atoms with Crippen molar-refractivity contribution in [3.8, 4) is 0 Å². The minimum atomic E-state index is -1.07. The maximum Gasteiger partial charge on any atom is 0.279 e. The fourth-order valence-electron chi connectivity index (χ4n) is 5.47. The van der Waals surface area contributed by atoms with Gasteiger partial charge in [0.1, 0.15) is 11.2 Å². The number of benzene rings is 2. The summed E-state index contributed by atoms with van der Waals surface area (Å²) < 4.78 is 1.68. The van der Waals surface area contributed by atoms with E-state index in [9.17, 15) is 14.4 Å². The van der Waals surface area contributed by atoms with Gasteiger partial charge in [-0.05, 0) is 50.3 Å². The van der Waals surface area contributed by atoms with Gasteiger partial charge in [-0.3, -0.25) is 14.4 Å². The summed E-state index contributed by atoms with van der Waals surface area (Å²) in [5, 5.41) is 3.04. The summed E-state index contributed by atoms with van der Waals surface area (Å²) >= 11 is 0. The Morgan fingerprint density at radius 3 is 2.61 bits per heavy atom. The van der Waals surface area contributed by atoms with E-state index in [1.165, 1.54) is 6.33 Å². The molecule has 1 saturated carbocycles. The van der Waals surface area contributed by atoms with Crippen molar-refractivity contribution in [3.63, 3.8) is 0 Å². The number of nitrogens with zero attached hydrogens (tertiary/aromatic N) is 4. The van der Waals surface area contributed by atoms with Gasteiger partial charge in [0, 0.05) is 24.8 Å².